The summed E-state index contributed by atoms with van der Waals surface area (Å²) in [5.41, 5.74) is 6.31. The molecule has 86 valence electrons. The predicted molar refractivity (Wildman–Crippen MR) is 64.5 cm³/mol. The number of nitrogens with two attached hydrogens (primary N) is 1. The van der Waals surface area contributed by atoms with Crippen LogP contribution < -0.4 is 5.73 Å². The first-order valence-corrected chi connectivity index (χ1v) is 5.86. The molecule has 0 heterocycles. The maximum Gasteiger partial charge on any atom is 0.0298 e. The molecular formula is C12H28N2. The maximum absolute atomic E-state index is 6.19. The van der Waals surface area contributed by atoms with Gasteiger partial charge in [0.25, 0.3) is 0 Å². The number of likely N-dealkylation sites (N-methyl/N-ethyl adjacent to an activating group) is 1. The Bertz CT molecular complexity index is 141. The van der Waals surface area contributed by atoms with Gasteiger partial charge in [-0.25, -0.2) is 0 Å². The molecule has 0 aliphatic carbocycles. The van der Waals surface area contributed by atoms with Crippen molar-refractivity contribution in [1.82, 2.24) is 4.90 Å². The Morgan fingerprint density at radius 1 is 1.14 bits per heavy atom. The van der Waals surface area contributed by atoms with Crippen LogP contribution >= 0.6 is 0 Å². The molecular weight excluding hydrogens is 172 g/mol. The fourth-order valence-electron chi connectivity index (χ4n) is 1.48. The van der Waals surface area contributed by atoms with Gasteiger partial charge in [0, 0.05) is 11.6 Å². The van der Waals surface area contributed by atoms with Gasteiger partial charge >= 0.3 is 0 Å². The molecule has 0 aromatic carbocycles. The first-order valence-electron chi connectivity index (χ1n) is 5.86. The Morgan fingerprint density at radius 3 is 2.14 bits per heavy atom. The fourth-order valence-corrected chi connectivity index (χ4v) is 1.48. The van der Waals surface area contributed by atoms with Crippen LogP contribution in [0.2, 0.25) is 0 Å². The summed E-state index contributed by atoms with van der Waals surface area (Å²) in [6.07, 6.45) is 6.38. The zero-order valence-corrected chi connectivity index (χ0v) is 10.6. The second-order valence-electron chi connectivity index (χ2n) is 5.00. The van der Waals surface area contributed by atoms with Crippen LogP contribution in [0.5, 0.6) is 0 Å². The first-order chi connectivity index (χ1) is 6.42. The van der Waals surface area contributed by atoms with Crippen molar-refractivity contribution in [3.8, 4) is 0 Å². The van der Waals surface area contributed by atoms with Crippen LogP contribution in [0.25, 0.3) is 0 Å². The smallest absolute Gasteiger partial charge is 0.0298 e. The number of nitrogens with zero attached hydrogens (tertiary/aromatic N) is 1. The summed E-state index contributed by atoms with van der Waals surface area (Å²) < 4.78 is 0. The lowest BCUT2D eigenvalue weighted by atomic mass is 9.90. The van der Waals surface area contributed by atoms with Gasteiger partial charge in [-0.05, 0) is 34.4 Å². The van der Waals surface area contributed by atoms with Crippen LogP contribution in [-0.4, -0.2) is 30.6 Å². The molecule has 0 aromatic rings. The normalized spacial score (nSPS) is 14.8. The molecule has 0 saturated heterocycles. The summed E-state index contributed by atoms with van der Waals surface area (Å²) in [7, 11) is 4.21. The second kappa shape index (κ2) is 6.41. The average Bonchev–Trinajstić information content (AvgIpc) is 2.11. The lowest BCUT2D eigenvalue weighted by molar-refractivity contribution is 0.151. The highest BCUT2D eigenvalue weighted by Gasteiger charge is 2.27. The average molecular weight is 200 g/mol. The van der Waals surface area contributed by atoms with Crippen LogP contribution in [0.4, 0.5) is 0 Å². The van der Waals surface area contributed by atoms with Crippen LogP contribution in [0, 0.1) is 0 Å². The van der Waals surface area contributed by atoms with Crippen molar-refractivity contribution < 1.29 is 0 Å². The first kappa shape index (κ1) is 13.9. The lowest BCUT2D eigenvalue weighted by Crippen LogP contribution is -2.52. The lowest BCUT2D eigenvalue weighted by Gasteiger charge is -2.38. The van der Waals surface area contributed by atoms with E-state index in [-0.39, 0.29) is 11.6 Å². The molecule has 1 unspecified atom stereocenters. The van der Waals surface area contributed by atoms with Gasteiger partial charge in [-0.1, -0.05) is 32.6 Å². The molecule has 2 heteroatoms. The van der Waals surface area contributed by atoms with Gasteiger partial charge in [0.05, 0.1) is 0 Å². The van der Waals surface area contributed by atoms with E-state index in [0.717, 1.165) is 6.42 Å². The van der Waals surface area contributed by atoms with E-state index in [1.165, 1.54) is 25.7 Å². The quantitative estimate of drug-likeness (QED) is 0.640. The molecule has 0 aliphatic heterocycles. The van der Waals surface area contributed by atoms with E-state index in [1.807, 2.05) is 0 Å². The van der Waals surface area contributed by atoms with E-state index in [1.54, 1.807) is 0 Å². The van der Waals surface area contributed by atoms with Gasteiger partial charge in [0.1, 0.15) is 0 Å². The summed E-state index contributed by atoms with van der Waals surface area (Å²) in [6.45, 7) is 6.68. The molecule has 0 aromatic heterocycles. The van der Waals surface area contributed by atoms with Gasteiger partial charge < -0.3 is 10.6 Å². The number of rotatable bonds is 7. The van der Waals surface area contributed by atoms with Gasteiger partial charge in [-0.3, -0.25) is 0 Å². The number of hydrogen-bond acceptors (Lipinski definition) is 2. The molecule has 0 saturated carbocycles. The summed E-state index contributed by atoms with van der Waals surface area (Å²) in [5.74, 6) is 0. The largest absolute Gasteiger partial charge is 0.326 e. The predicted octanol–water partition coefficient (Wildman–Crippen LogP) is 2.62. The SMILES string of the molecule is CCCCCCC(N)C(C)(C)N(C)C. The zero-order valence-electron chi connectivity index (χ0n) is 10.6. The molecule has 0 amide bonds. The third kappa shape index (κ3) is 4.43. The third-order valence-corrected chi connectivity index (χ3v) is 3.43. The molecule has 14 heavy (non-hydrogen) atoms. The molecule has 0 bridgehead atoms. The highest BCUT2D eigenvalue weighted by Crippen LogP contribution is 2.18. The van der Waals surface area contributed by atoms with Gasteiger partial charge in [-0.2, -0.15) is 0 Å². The molecule has 0 spiro atoms. The van der Waals surface area contributed by atoms with E-state index < -0.39 is 0 Å². The van der Waals surface area contributed by atoms with Crippen molar-refractivity contribution in [3.63, 3.8) is 0 Å². The van der Waals surface area contributed by atoms with Gasteiger partial charge in [-0.15, -0.1) is 0 Å². The van der Waals surface area contributed by atoms with E-state index >= 15 is 0 Å². The highest BCUT2D eigenvalue weighted by atomic mass is 15.2. The van der Waals surface area contributed by atoms with Crippen LogP contribution in [0.3, 0.4) is 0 Å². The van der Waals surface area contributed by atoms with E-state index in [2.05, 4.69) is 39.8 Å². The Morgan fingerprint density at radius 2 is 1.71 bits per heavy atom. The van der Waals surface area contributed by atoms with Gasteiger partial charge in [0.15, 0.2) is 0 Å². The van der Waals surface area contributed by atoms with Crippen molar-refractivity contribution in [2.24, 2.45) is 5.73 Å². The minimum Gasteiger partial charge on any atom is -0.326 e. The fraction of sp³-hybridized carbons (Fsp3) is 1.00. The highest BCUT2D eigenvalue weighted by molar-refractivity contribution is 4.88. The molecule has 0 fully saturated rings. The maximum atomic E-state index is 6.19. The monoisotopic (exact) mass is 200 g/mol. The van der Waals surface area contributed by atoms with E-state index in [9.17, 15) is 0 Å². The summed E-state index contributed by atoms with van der Waals surface area (Å²) in [5, 5.41) is 0. The Balaban J connectivity index is 3.77. The number of hydrogen-bond donors (Lipinski definition) is 1. The molecule has 1 atom stereocenters. The molecule has 2 nitrogen and oxygen atoms in total. The minimum atomic E-state index is 0.117. The van der Waals surface area contributed by atoms with Crippen molar-refractivity contribution in [1.29, 1.82) is 0 Å². The molecule has 2 N–H and O–H groups in total. The van der Waals surface area contributed by atoms with Crippen molar-refractivity contribution >= 4 is 0 Å². The zero-order chi connectivity index (χ0) is 11.2. The van der Waals surface area contributed by atoms with Crippen molar-refractivity contribution in [2.45, 2.75) is 64.5 Å². The number of unbranched alkanes of at least 4 members (excludes halogenated alkanes) is 3. The topological polar surface area (TPSA) is 29.3 Å². The molecule has 0 rings (SSSR count). The van der Waals surface area contributed by atoms with E-state index in [4.69, 9.17) is 5.73 Å². The standard InChI is InChI=1S/C12H28N2/c1-6-7-8-9-10-11(13)12(2,3)14(4)5/h11H,6-10,13H2,1-5H3. The van der Waals surface area contributed by atoms with Crippen LogP contribution in [-0.2, 0) is 0 Å². The van der Waals surface area contributed by atoms with E-state index in [0.29, 0.717) is 0 Å². The second-order valence-corrected chi connectivity index (χ2v) is 5.00. The molecule has 0 radical (unpaired) electrons. The minimum absolute atomic E-state index is 0.117. The van der Waals surface area contributed by atoms with Crippen molar-refractivity contribution in [3.05, 3.63) is 0 Å². The summed E-state index contributed by atoms with van der Waals surface area (Å²) >= 11 is 0. The summed E-state index contributed by atoms with van der Waals surface area (Å²) in [6, 6.07) is 0.286. The Hall–Kier alpha value is -0.0800. The van der Waals surface area contributed by atoms with Gasteiger partial charge in [0.2, 0.25) is 0 Å². The Kier molecular flexibility index (Phi) is 6.38. The van der Waals surface area contributed by atoms with Crippen LogP contribution in [0.1, 0.15) is 52.9 Å². The summed E-state index contributed by atoms with van der Waals surface area (Å²) in [4.78, 5) is 2.22. The molecule has 0 aliphatic rings. The van der Waals surface area contributed by atoms with Crippen molar-refractivity contribution in [2.75, 3.05) is 14.1 Å². The third-order valence-electron chi connectivity index (χ3n) is 3.43. The Labute approximate surface area is 89.9 Å². The van der Waals surface area contributed by atoms with Crippen LogP contribution in [0.15, 0.2) is 0 Å².